The Morgan fingerprint density at radius 2 is 1.85 bits per heavy atom. The van der Waals surface area contributed by atoms with E-state index in [0.717, 1.165) is 19.3 Å². The summed E-state index contributed by atoms with van der Waals surface area (Å²) in [5.74, 6) is 0.359. The van der Waals surface area contributed by atoms with Crippen LogP contribution in [0.25, 0.3) is 0 Å². The lowest BCUT2D eigenvalue weighted by molar-refractivity contribution is 0.229. The third-order valence-corrected chi connectivity index (χ3v) is 4.09. The number of anilines is 1. The van der Waals surface area contributed by atoms with E-state index in [-0.39, 0.29) is 12.1 Å². The molecule has 0 bridgehead atoms. The van der Waals surface area contributed by atoms with Gasteiger partial charge in [-0.05, 0) is 43.5 Å². The Hall–Kier alpha value is -0.970. The maximum absolute atomic E-state index is 12.0. The number of nitrogens with one attached hydrogen (secondary N) is 2. The van der Waals surface area contributed by atoms with Crippen LogP contribution in [0.2, 0.25) is 10.0 Å². The fourth-order valence-electron chi connectivity index (χ4n) is 2.64. The van der Waals surface area contributed by atoms with Crippen LogP contribution in [0.1, 0.15) is 25.7 Å². The lowest BCUT2D eigenvalue weighted by Crippen LogP contribution is -2.46. The molecule has 0 heterocycles. The van der Waals surface area contributed by atoms with Gasteiger partial charge in [-0.15, -0.1) is 0 Å². The van der Waals surface area contributed by atoms with Crippen LogP contribution >= 0.6 is 23.2 Å². The molecule has 2 unspecified atom stereocenters. The second-order valence-electron chi connectivity index (χ2n) is 5.14. The number of urea groups is 1. The summed E-state index contributed by atoms with van der Waals surface area (Å²) >= 11 is 11.8. The number of carbonyl (C=O) groups is 1. The Bertz CT molecular complexity index is 461. The fraction of sp³-hybridized carbons (Fsp3) is 0.500. The predicted octanol–water partition coefficient (Wildman–Crippen LogP) is 3.63. The molecule has 2 amide bonds. The Balaban J connectivity index is 1.94. The van der Waals surface area contributed by atoms with E-state index in [4.69, 9.17) is 28.9 Å². The Labute approximate surface area is 129 Å². The van der Waals surface area contributed by atoms with Gasteiger partial charge in [0.05, 0.1) is 0 Å². The molecule has 1 aromatic carbocycles. The summed E-state index contributed by atoms with van der Waals surface area (Å²) < 4.78 is 0. The van der Waals surface area contributed by atoms with Gasteiger partial charge in [0.2, 0.25) is 0 Å². The Morgan fingerprint density at radius 3 is 2.50 bits per heavy atom. The van der Waals surface area contributed by atoms with Gasteiger partial charge < -0.3 is 16.4 Å². The van der Waals surface area contributed by atoms with E-state index in [1.165, 1.54) is 6.42 Å². The molecule has 1 saturated carbocycles. The highest BCUT2D eigenvalue weighted by molar-refractivity contribution is 6.35. The van der Waals surface area contributed by atoms with Crippen LogP contribution in [0.4, 0.5) is 10.5 Å². The van der Waals surface area contributed by atoms with Crippen LogP contribution in [0.5, 0.6) is 0 Å². The first-order chi connectivity index (χ1) is 9.58. The average Bonchev–Trinajstić information content (AvgIpc) is 2.37. The van der Waals surface area contributed by atoms with Gasteiger partial charge in [0.25, 0.3) is 0 Å². The molecule has 0 spiro atoms. The van der Waals surface area contributed by atoms with Gasteiger partial charge in [0, 0.05) is 21.8 Å². The minimum atomic E-state index is -0.242. The van der Waals surface area contributed by atoms with E-state index < -0.39 is 0 Å². The highest BCUT2D eigenvalue weighted by Crippen LogP contribution is 2.24. The van der Waals surface area contributed by atoms with Gasteiger partial charge in [-0.3, -0.25) is 0 Å². The Morgan fingerprint density at radius 1 is 1.20 bits per heavy atom. The van der Waals surface area contributed by atoms with Crippen molar-refractivity contribution >= 4 is 34.9 Å². The maximum atomic E-state index is 12.0. The van der Waals surface area contributed by atoms with Crippen LogP contribution in [-0.2, 0) is 0 Å². The molecule has 2 atom stereocenters. The highest BCUT2D eigenvalue weighted by Gasteiger charge is 2.25. The van der Waals surface area contributed by atoms with Crippen LogP contribution in [-0.4, -0.2) is 18.6 Å². The monoisotopic (exact) mass is 315 g/mol. The molecule has 1 fully saturated rings. The van der Waals surface area contributed by atoms with Crippen molar-refractivity contribution in [2.45, 2.75) is 31.7 Å². The third kappa shape index (κ3) is 4.27. The molecular weight excluding hydrogens is 297 g/mol. The summed E-state index contributed by atoms with van der Waals surface area (Å²) in [7, 11) is 0. The number of amides is 2. The summed E-state index contributed by atoms with van der Waals surface area (Å²) in [6.07, 6.45) is 4.37. The van der Waals surface area contributed by atoms with Crippen LogP contribution in [0, 0.1) is 5.92 Å². The van der Waals surface area contributed by atoms with E-state index >= 15 is 0 Å². The summed E-state index contributed by atoms with van der Waals surface area (Å²) in [5.41, 5.74) is 6.34. The van der Waals surface area contributed by atoms with Crippen molar-refractivity contribution in [1.29, 1.82) is 0 Å². The lowest BCUT2D eigenvalue weighted by atomic mass is 9.84. The predicted molar refractivity (Wildman–Crippen MR) is 83.4 cm³/mol. The molecule has 2 rings (SSSR count). The second-order valence-corrected chi connectivity index (χ2v) is 6.02. The van der Waals surface area contributed by atoms with Gasteiger partial charge in [0.1, 0.15) is 0 Å². The van der Waals surface area contributed by atoms with Crippen LogP contribution in [0.15, 0.2) is 18.2 Å². The number of rotatable bonds is 3. The molecule has 1 aliphatic carbocycles. The van der Waals surface area contributed by atoms with E-state index in [1.54, 1.807) is 18.2 Å². The molecule has 20 heavy (non-hydrogen) atoms. The normalized spacial score (nSPS) is 22.4. The number of hydrogen-bond acceptors (Lipinski definition) is 2. The summed E-state index contributed by atoms with van der Waals surface area (Å²) in [6, 6.07) is 4.84. The second kappa shape index (κ2) is 7.16. The lowest BCUT2D eigenvalue weighted by Gasteiger charge is -2.31. The topological polar surface area (TPSA) is 67.1 Å². The summed E-state index contributed by atoms with van der Waals surface area (Å²) in [6.45, 7) is 0.605. The van der Waals surface area contributed by atoms with Crippen molar-refractivity contribution in [3.63, 3.8) is 0 Å². The molecule has 0 saturated heterocycles. The molecule has 1 aromatic rings. The highest BCUT2D eigenvalue weighted by atomic mass is 35.5. The Kier molecular flexibility index (Phi) is 5.52. The number of nitrogens with two attached hydrogens (primary N) is 1. The first kappa shape index (κ1) is 15.4. The molecular formula is C14H19Cl2N3O. The maximum Gasteiger partial charge on any atom is 0.319 e. The van der Waals surface area contributed by atoms with Gasteiger partial charge >= 0.3 is 6.03 Å². The van der Waals surface area contributed by atoms with Crippen molar-refractivity contribution in [3.8, 4) is 0 Å². The SMILES string of the molecule is NCC1CCCCC1NC(=O)Nc1cc(Cl)cc(Cl)c1. The summed E-state index contributed by atoms with van der Waals surface area (Å²) in [5, 5.41) is 6.73. The zero-order valence-electron chi connectivity index (χ0n) is 11.2. The number of carbonyl (C=O) groups excluding carboxylic acids is 1. The molecule has 1 aliphatic rings. The molecule has 0 aliphatic heterocycles. The van der Waals surface area contributed by atoms with Crippen molar-refractivity contribution in [2.24, 2.45) is 11.7 Å². The zero-order chi connectivity index (χ0) is 14.5. The average molecular weight is 316 g/mol. The molecule has 0 aromatic heterocycles. The van der Waals surface area contributed by atoms with Crippen molar-refractivity contribution in [2.75, 3.05) is 11.9 Å². The quantitative estimate of drug-likeness (QED) is 0.797. The largest absolute Gasteiger partial charge is 0.335 e. The van der Waals surface area contributed by atoms with Crippen molar-refractivity contribution in [3.05, 3.63) is 28.2 Å². The van der Waals surface area contributed by atoms with Gasteiger partial charge in [-0.25, -0.2) is 4.79 Å². The minimum absolute atomic E-state index is 0.142. The number of halogens is 2. The fourth-order valence-corrected chi connectivity index (χ4v) is 3.17. The van der Waals surface area contributed by atoms with Crippen molar-refractivity contribution < 1.29 is 4.79 Å². The van der Waals surface area contributed by atoms with Crippen LogP contribution < -0.4 is 16.4 Å². The summed E-state index contributed by atoms with van der Waals surface area (Å²) in [4.78, 5) is 12.0. The molecule has 0 radical (unpaired) electrons. The van der Waals surface area contributed by atoms with E-state index in [2.05, 4.69) is 10.6 Å². The smallest absolute Gasteiger partial charge is 0.319 e. The number of hydrogen-bond donors (Lipinski definition) is 3. The molecule has 4 nitrogen and oxygen atoms in total. The zero-order valence-corrected chi connectivity index (χ0v) is 12.7. The van der Waals surface area contributed by atoms with E-state index in [0.29, 0.717) is 28.2 Å². The molecule has 6 heteroatoms. The first-order valence-corrected chi connectivity index (χ1v) is 7.58. The standard InChI is InChI=1S/C14H19Cl2N3O/c15-10-5-11(16)7-12(6-10)18-14(20)19-13-4-2-1-3-9(13)8-17/h5-7,9,13H,1-4,8,17H2,(H2,18,19,20). The molecule has 110 valence electrons. The van der Waals surface area contributed by atoms with Crippen LogP contribution in [0.3, 0.4) is 0 Å². The minimum Gasteiger partial charge on any atom is -0.335 e. The molecule has 4 N–H and O–H groups in total. The number of benzene rings is 1. The third-order valence-electron chi connectivity index (χ3n) is 3.65. The van der Waals surface area contributed by atoms with E-state index in [9.17, 15) is 4.79 Å². The van der Waals surface area contributed by atoms with Gasteiger partial charge in [-0.1, -0.05) is 36.0 Å². The van der Waals surface area contributed by atoms with Gasteiger partial charge in [-0.2, -0.15) is 0 Å². The van der Waals surface area contributed by atoms with Crippen molar-refractivity contribution in [1.82, 2.24) is 5.32 Å². The van der Waals surface area contributed by atoms with Gasteiger partial charge in [0.15, 0.2) is 0 Å². The van der Waals surface area contributed by atoms with E-state index in [1.807, 2.05) is 0 Å². The first-order valence-electron chi connectivity index (χ1n) is 6.82.